The highest BCUT2D eigenvalue weighted by molar-refractivity contribution is 5.75. The van der Waals surface area contributed by atoms with Crippen LogP contribution in [0.2, 0.25) is 0 Å². The van der Waals surface area contributed by atoms with E-state index >= 15 is 0 Å². The first kappa shape index (κ1) is 15.0. The van der Waals surface area contributed by atoms with E-state index < -0.39 is 0 Å². The van der Waals surface area contributed by atoms with Crippen LogP contribution in [0.1, 0.15) is 46.4 Å². The van der Waals surface area contributed by atoms with Crippen molar-refractivity contribution in [3.63, 3.8) is 0 Å². The lowest BCUT2D eigenvalue weighted by atomic mass is 10.1. The van der Waals surface area contributed by atoms with E-state index in [0.29, 0.717) is 0 Å². The van der Waals surface area contributed by atoms with Crippen LogP contribution in [0.15, 0.2) is 24.3 Å². The number of fused-ring (bicyclic) bond motifs is 1. The Labute approximate surface area is 122 Å². The molecule has 0 saturated heterocycles. The molecule has 0 atom stereocenters. The van der Waals surface area contributed by atoms with Gasteiger partial charge in [-0.15, -0.1) is 0 Å². The summed E-state index contributed by atoms with van der Waals surface area (Å²) in [7, 11) is 0. The molecular formula is C17H27N3. The molecule has 0 spiro atoms. The predicted octanol–water partition coefficient (Wildman–Crippen LogP) is 3.77. The first-order valence-corrected chi connectivity index (χ1v) is 7.70. The number of para-hydroxylation sites is 2. The van der Waals surface area contributed by atoms with Gasteiger partial charge in [0, 0.05) is 18.5 Å². The van der Waals surface area contributed by atoms with Gasteiger partial charge in [-0.05, 0) is 52.3 Å². The summed E-state index contributed by atoms with van der Waals surface area (Å²) in [5.41, 5.74) is 2.59. The van der Waals surface area contributed by atoms with Crippen molar-refractivity contribution < 1.29 is 0 Å². The molecule has 1 aromatic heterocycles. The average molecular weight is 273 g/mol. The first-order chi connectivity index (χ1) is 9.51. The van der Waals surface area contributed by atoms with Crippen molar-refractivity contribution in [3.05, 3.63) is 30.1 Å². The summed E-state index contributed by atoms with van der Waals surface area (Å²) in [6.07, 6.45) is 3.33. The van der Waals surface area contributed by atoms with Crippen molar-refractivity contribution in [2.45, 2.75) is 59.0 Å². The van der Waals surface area contributed by atoms with E-state index in [1.165, 1.54) is 11.3 Å². The molecule has 0 aliphatic rings. The maximum absolute atomic E-state index is 4.77. The molecule has 0 radical (unpaired) electrons. The van der Waals surface area contributed by atoms with Gasteiger partial charge in [-0.1, -0.05) is 19.1 Å². The Morgan fingerprint density at radius 3 is 2.65 bits per heavy atom. The molecule has 1 aromatic carbocycles. The summed E-state index contributed by atoms with van der Waals surface area (Å²) >= 11 is 0. The van der Waals surface area contributed by atoms with Gasteiger partial charge in [0.05, 0.1) is 11.0 Å². The smallest absolute Gasteiger partial charge is 0.109 e. The fourth-order valence-electron chi connectivity index (χ4n) is 2.49. The standard InChI is InChI=1S/C17H27N3/c1-5-9-16-19-14-10-6-7-11-15(14)20(16)13-8-12-18-17(2,3)4/h6-7,10-11,18H,5,8-9,12-13H2,1-4H3. The molecule has 0 aliphatic heterocycles. The van der Waals surface area contributed by atoms with Crippen LogP contribution in [0.5, 0.6) is 0 Å². The molecular weight excluding hydrogens is 246 g/mol. The molecule has 0 unspecified atom stereocenters. The average Bonchev–Trinajstić information content (AvgIpc) is 2.72. The largest absolute Gasteiger partial charge is 0.328 e. The van der Waals surface area contributed by atoms with Gasteiger partial charge in [0.25, 0.3) is 0 Å². The van der Waals surface area contributed by atoms with Gasteiger partial charge in [-0.2, -0.15) is 0 Å². The minimum atomic E-state index is 0.198. The second-order valence-electron chi connectivity index (χ2n) is 6.45. The molecule has 1 N–H and O–H groups in total. The Bertz CT molecular complexity index is 549. The van der Waals surface area contributed by atoms with E-state index in [-0.39, 0.29) is 5.54 Å². The SMILES string of the molecule is CCCc1nc2ccccc2n1CCCNC(C)(C)C. The van der Waals surface area contributed by atoms with Gasteiger partial charge in [0.2, 0.25) is 0 Å². The molecule has 0 amide bonds. The van der Waals surface area contributed by atoms with E-state index in [2.05, 4.69) is 61.8 Å². The number of hydrogen-bond donors (Lipinski definition) is 1. The van der Waals surface area contributed by atoms with Gasteiger partial charge in [0.15, 0.2) is 0 Å². The maximum Gasteiger partial charge on any atom is 0.109 e. The van der Waals surface area contributed by atoms with Crippen LogP contribution in [0, 0.1) is 0 Å². The van der Waals surface area contributed by atoms with Crippen LogP contribution >= 0.6 is 0 Å². The second-order valence-corrected chi connectivity index (χ2v) is 6.45. The van der Waals surface area contributed by atoms with Crippen LogP contribution in [0.3, 0.4) is 0 Å². The number of imidazole rings is 1. The van der Waals surface area contributed by atoms with E-state index in [4.69, 9.17) is 4.98 Å². The number of rotatable bonds is 6. The van der Waals surface area contributed by atoms with Crippen molar-refractivity contribution >= 4 is 11.0 Å². The zero-order chi connectivity index (χ0) is 14.6. The molecule has 0 saturated carbocycles. The Kier molecular flexibility index (Phi) is 4.81. The van der Waals surface area contributed by atoms with Gasteiger partial charge in [-0.3, -0.25) is 0 Å². The van der Waals surface area contributed by atoms with Gasteiger partial charge < -0.3 is 9.88 Å². The van der Waals surface area contributed by atoms with Crippen molar-refractivity contribution in [1.29, 1.82) is 0 Å². The van der Waals surface area contributed by atoms with Crippen molar-refractivity contribution in [2.75, 3.05) is 6.54 Å². The summed E-state index contributed by atoms with van der Waals surface area (Å²) in [6.45, 7) is 10.9. The zero-order valence-corrected chi connectivity index (χ0v) is 13.2. The van der Waals surface area contributed by atoms with Crippen LogP contribution in [-0.2, 0) is 13.0 Å². The van der Waals surface area contributed by atoms with Crippen molar-refractivity contribution in [3.8, 4) is 0 Å². The van der Waals surface area contributed by atoms with Crippen molar-refractivity contribution in [1.82, 2.24) is 14.9 Å². The Hall–Kier alpha value is -1.35. The third-order valence-corrected chi connectivity index (χ3v) is 3.42. The number of aromatic nitrogens is 2. The Morgan fingerprint density at radius 1 is 1.20 bits per heavy atom. The fraction of sp³-hybridized carbons (Fsp3) is 0.588. The highest BCUT2D eigenvalue weighted by Gasteiger charge is 2.10. The first-order valence-electron chi connectivity index (χ1n) is 7.70. The molecule has 110 valence electrons. The predicted molar refractivity (Wildman–Crippen MR) is 86.1 cm³/mol. The van der Waals surface area contributed by atoms with Gasteiger partial charge in [0.1, 0.15) is 5.82 Å². The van der Waals surface area contributed by atoms with Gasteiger partial charge in [-0.25, -0.2) is 4.98 Å². The number of hydrogen-bond acceptors (Lipinski definition) is 2. The summed E-state index contributed by atoms with van der Waals surface area (Å²) in [4.78, 5) is 4.77. The molecule has 0 fully saturated rings. The molecule has 2 aromatic rings. The number of nitrogens with one attached hydrogen (secondary N) is 1. The highest BCUT2D eigenvalue weighted by Crippen LogP contribution is 2.17. The summed E-state index contributed by atoms with van der Waals surface area (Å²) < 4.78 is 2.39. The topological polar surface area (TPSA) is 29.9 Å². The lowest BCUT2D eigenvalue weighted by Crippen LogP contribution is -2.36. The van der Waals surface area contributed by atoms with E-state index in [1.54, 1.807) is 0 Å². The minimum absolute atomic E-state index is 0.198. The summed E-state index contributed by atoms with van der Waals surface area (Å²) in [6, 6.07) is 8.46. The Morgan fingerprint density at radius 2 is 1.95 bits per heavy atom. The molecule has 3 nitrogen and oxygen atoms in total. The molecule has 3 heteroatoms. The van der Waals surface area contributed by atoms with E-state index in [1.807, 2.05) is 0 Å². The zero-order valence-electron chi connectivity index (χ0n) is 13.2. The minimum Gasteiger partial charge on any atom is -0.328 e. The monoisotopic (exact) mass is 273 g/mol. The molecule has 0 aliphatic carbocycles. The lowest BCUT2D eigenvalue weighted by Gasteiger charge is -2.20. The van der Waals surface area contributed by atoms with Gasteiger partial charge >= 0.3 is 0 Å². The van der Waals surface area contributed by atoms with Crippen LogP contribution in [0.4, 0.5) is 0 Å². The quantitative estimate of drug-likeness (QED) is 0.812. The van der Waals surface area contributed by atoms with Crippen LogP contribution in [0.25, 0.3) is 11.0 Å². The normalized spacial score (nSPS) is 12.2. The van der Waals surface area contributed by atoms with E-state index in [0.717, 1.165) is 37.9 Å². The maximum atomic E-state index is 4.77. The lowest BCUT2D eigenvalue weighted by molar-refractivity contribution is 0.413. The Balaban J connectivity index is 2.09. The summed E-state index contributed by atoms with van der Waals surface area (Å²) in [5, 5.41) is 3.55. The van der Waals surface area contributed by atoms with Crippen molar-refractivity contribution in [2.24, 2.45) is 0 Å². The third-order valence-electron chi connectivity index (χ3n) is 3.42. The fourth-order valence-corrected chi connectivity index (χ4v) is 2.49. The number of nitrogens with zero attached hydrogens (tertiary/aromatic N) is 2. The highest BCUT2D eigenvalue weighted by atomic mass is 15.1. The third kappa shape index (κ3) is 3.83. The summed E-state index contributed by atoms with van der Waals surface area (Å²) in [5.74, 6) is 1.23. The molecule has 0 bridgehead atoms. The molecule has 2 rings (SSSR count). The molecule has 20 heavy (non-hydrogen) atoms. The second kappa shape index (κ2) is 6.40. The molecule has 1 heterocycles. The van der Waals surface area contributed by atoms with E-state index in [9.17, 15) is 0 Å². The number of aryl methyl sites for hydroxylation is 2. The number of benzene rings is 1. The van der Waals surface area contributed by atoms with Crippen LogP contribution in [-0.4, -0.2) is 21.6 Å². The van der Waals surface area contributed by atoms with Crippen LogP contribution < -0.4 is 5.32 Å².